The van der Waals surface area contributed by atoms with Crippen LogP contribution in [0.1, 0.15) is 0 Å². The Labute approximate surface area is 143 Å². The van der Waals surface area contributed by atoms with E-state index in [9.17, 15) is 8.42 Å². The highest BCUT2D eigenvalue weighted by Crippen LogP contribution is 2.35. The molecule has 0 aliphatic rings. The summed E-state index contributed by atoms with van der Waals surface area (Å²) in [5.74, 6) is 0. The van der Waals surface area contributed by atoms with Gasteiger partial charge in [0.25, 0.3) is 10.0 Å². The third-order valence-electron chi connectivity index (χ3n) is 2.37. The molecule has 3 nitrogen and oxygen atoms in total. The number of hydrogen-bond donors (Lipinski definition) is 1. The van der Waals surface area contributed by atoms with Gasteiger partial charge in [-0.05, 0) is 40.2 Å². The van der Waals surface area contributed by atoms with Gasteiger partial charge in [0.05, 0.1) is 15.7 Å². The second-order valence-corrected chi connectivity index (χ2v) is 8.02. The second-order valence-electron chi connectivity index (χ2n) is 3.78. The fourth-order valence-electron chi connectivity index (χ4n) is 1.49. The van der Waals surface area contributed by atoms with Gasteiger partial charge in [-0.15, -0.1) is 0 Å². The Morgan fingerprint density at radius 1 is 1.00 bits per heavy atom. The molecule has 0 unspecified atom stereocenters. The zero-order valence-corrected chi connectivity index (χ0v) is 15.2. The predicted octanol–water partition coefficient (Wildman–Crippen LogP) is 5.32. The molecule has 0 amide bonds. The second kappa shape index (κ2) is 6.23. The maximum absolute atomic E-state index is 12.3. The minimum Gasteiger partial charge on any atom is -0.277 e. The van der Waals surface area contributed by atoms with Gasteiger partial charge in [0.2, 0.25) is 0 Å². The molecule has 2 rings (SSSR count). The maximum Gasteiger partial charge on any atom is 0.263 e. The highest BCUT2D eigenvalue weighted by atomic mass is 79.9. The highest BCUT2D eigenvalue weighted by molar-refractivity contribution is 9.10. The van der Waals surface area contributed by atoms with Crippen molar-refractivity contribution in [2.24, 2.45) is 0 Å². The summed E-state index contributed by atoms with van der Waals surface area (Å²) in [6.07, 6.45) is 0. The van der Waals surface area contributed by atoms with Crippen LogP contribution in [0, 0.1) is 0 Å². The first-order valence-corrected chi connectivity index (χ1v) is 9.05. The lowest BCUT2D eigenvalue weighted by molar-refractivity contribution is 0.601. The first kappa shape index (κ1) is 16.1. The van der Waals surface area contributed by atoms with E-state index >= 15 is 0 Å². The summed E-state index contributed by atoms with van der Waals surface area (Å²) in [6.45, 7) is 0. The molecule has 106 valence electrons. The van der Waals surface area contributed by atoms with Gasteiger partial charge in [0.15, 0.2) is 0 Å². The summed E-state index contributed by atoms with van der Waals surface area (Å²) in [7, 11) is -3.78. The average Bonchev–Trinajstić information content (AvgIpc) is 2.34. The Hall–Kier alpha value is -0.270. The minimum atomic E-state index is -3.78. The van der Waals surface area contributed by atoms with Crippen LogP contribution in [-0.4, -0.2) is 8.42 Å². The van der Waals surface area contributed by atoms with Crippen LogP contribution < -0.4 is 4.72 Å². The summed E-state index contributed by atoms with van der Waals surface area (Å²) in [6, 6.07) is 9.59. The van der Waals surface area contributed by atoms with Crippen molar-refractivity contribution in [3.63, 3.8) is 0 Å². The lowest BCUT2D eigenvalue weighted by Crippen LogP contribution is -2.14. The molecular formula is C12H7Br2Cl2NO2S. The molecule has 0 heterocycles. The average molecular weight is 460 g/mol. The monoisotopic (exact) mass is 457 g/mol. The van der Waals surface area contributed by atoms with E-state index in [-0.39, 0.29) is 20.6 Å². The Morgan fingerprint density at radius 3 is 2.10 bits per heavy atom. The van der Waals surface area contributed by atoms with Crippen LogP contribution in [0.2, 0.25) is 10.0 Å². The van der Waals surface area contributed by atoms with E-state index in [1.165, 1.54) is 6.07 Å². The van der Waals surface area contributed by atoms with E-state index in [1.807, 2.05) is 0 Å². The van der Waals surface area contributed by atoms with Crippen molar-refractivity contribution < 1.29 is 8.42 Å². The van der Waals surface area contributed by atoms with Gasteiger partial charge in [-0.3, -0.25) is 4.72 Å². The van der Waals surface area contributed by atoms with E-state index in [1.54, 1.807) is 30.3 Å². The van der Waals surface area contributed by atoms with Crippen molar-refractivity contribution in [2.75, 3.05) is 4.72 Å². The Kier molecular flexibility index (Phi) is 5.02. The summed E-state index contributed by atoms with van der Waals surface area (Å²) in [5.41, 5.74) is 0.146. The maximum atomic E-state index is 12.3. The van der Waals surface area contributed by atoms with Crippen LogP contribution in [-0.2, 0) is 10.0 Å². The summed E-state index contributed by atoms with van der Waals surface area (Å²) in [5, 5.41) is 0.417. The normalized spacial score (nSPS) is 11.4. The van der Waals surface area contributed by atoms with E-state index < -0.39 is 10.0 Å². The van der Waals surface area contributed by atoms with E-state index in [4.69, 9.17) is 23.2 Å². The molecule has 8 heteroatoms. The molecular weight excluding hydrogens is 453 g/mol. The van der Waals surface area contributed by atoms with Crippen LogP contribution in [0.4, 0.5) is 5.69 Å². The molecule has 0 atom stereocenters. The van der Waals surface area contributed by atoms with Gasteiger partial charge >= 0.3 is 0 Å². The van der Waals surface area contributed by atoms with Crippen molar-refractivity contribution in [3.8, 4) is 0 Å². The number of hydrogen-bond acceptors (Lipinski definition) is 2. The third kappa shape index (κ3) is 3.49. The first-order valence-electron chi connectivity index (χ1n) is 5.23. The summed E-state index contributed by atoms with van der Waals surface area (Å²) in [4.78, 5) is 0.107. The van der Waals surface area contributed by atoms with Crippen LogP contribution in [0.5, 0.6) is 0 Å². The smallest absolute Gasteiger partial charge is 0.263 e. The quantitative estimate of drug-likeness (QED) is 0.675. The Bertz CT molecular complexity index is 743. The van der Waals surface area contributed by atoms with Crippen molar-refractivity contribution in [2.45, 2.75) is 4.90 Å². The SMILES string of the molecule is O=S(=O)(Nc1c(Cl)cc(Br)cc1Cl)c1ccccc1Br. The van der Waals surface area contributed by atoms with Gasteiger partial charge < -0.3 is 0 Å². The summed E-state index contributed by atoms with van der Waals surface area (Å²) < 4.78 is 28.2. The topological polar surface area (TPSA) is 46.2 Å². The van der Waals surface area contributed by atoms with Gasteiger partial charge in [0.1, 0.15) is 4.90 Å². The molecule has 0 aliphatic heterocycles. The van der Waals surface area contributed by atoms with Crippen LogP contribution in [0.25, 0.3) is 0 Å². The molecule has 0 aromatic heterocycles. The number of halogens is 4. The van der Waals surface area contributed by atoms with Gasteiger partial charge in [-0.2, -0.15) is 0 Å². The van der Waals surface area contributed by atoms with Crippen LogP contribution >= 0.6 is 55.1 Å². The molecule has 20 heavy (non-hydrogen) atoms. The van der Waals surface area contributed by atoms with Gasteiger partial charge in [-0.25, -0.2) is 8.42 Å². The lowest BCUT2D eigenvalue weighted by atomic mass is 10.3. The van der Waals surface area contributed by atoms with Crippen molar-refractivity contribution >= 4 is 70.8 Å². The predicted molar refractivity (Wildman–Crippen MR) is 89.1 cm³/mol. The number of anilines is 1. The summed E-state index contributed by atoms with van der Waals surface area (Å²) >= 11 is 18.5. The third-order valence-corrected chi connectivity index (χ3v) is 5.79. The number of benzene rings is 2. The van der Waals surface area contributed by atoms with Crippen molar-refractivity contribution in [3.05, 3.63) is 55.4 Å². The molecule has 0 fully saturated rings. The number of rotatable bonds is 3. The zero-order chi connectivity index (χ0) is 14.9. The van der Waals surface area contributed by atoms with Crippen LogP contribution in [0.3, 0.4) is 0 Å². The van der Waals surface area contributed by atoms with Crippen molar-refractivity contribution in [1.29, 1.82) is 0 Å². The van der Waals surface area contributed by atoms with E-state index in [0.717, 1.165) is 0 Å². The zero-order valence-electron chi connectivity index (χ0n) is 9.70. The fourth-order valence-corrected chi connectivity index (χ4v) is 5.01. The molecule has 0 aliphatic carbocycles. The Morgan fingerprint density at radius 2 is 1.55 bits per heavy atom. The van der Waals surface area contributed by atoms with Crippen LogP contribution in [0.15, 0.2) is 50.2 Å². The molecule has 0 bridgehead atoms. The molecule has 1 N–H and O–H groups in total. The molecule has 0 saturated carbocycles. The number of nitrogens with one attached hydrogen (secondary N) is 1. The highest BCUT2D eigenvalue weighted by Gasteiger charge is 2.20. The molecule has 2 aromatic rings. The molecule has 0 saturated heterocycles. The van der Waals surface area contributed by atoms with Gasteiger partial charge in [-0.1, -0.05) is 51.3 Å². The van der Waals surface area contributed by atoms with Gasteiger partial charge in [0, 0.05) is 8.95 Å². The molecule has 0 radical (unpaired) electrons. The standard InChI is InChI=1S/C12H7Br2Cl2NO2S/c13-7-5-9(15)12(10(16)6-7)17-20(18,19)11-4-2-1-3-8(11)14/h1-6,17H. The Balaban J connectivity index is 2.47. The molecule has 0 spiro atoms. The minimum absolute atomic E-state index is 0.107. The molecule has 2 aromatic carbocycles. The fraction of sp³-hybridized carbons (Fsp3) is 0. The largest absolute Gasteiger partial charge is 0.277 e. The lowest BCUT2D eigenvalue weighted by Gasteiger charge is -2.12. The van der Waals surface area contributed by atoms with Crippen molar-refractivity contribution in [1.82, 2.24) is 0 Å². The first-order chi connectivity index (χ1) is 9.31. The van der Waals surface area contributed by atoms with E-state index in [2.05, 4.69) is 36.6 Å². The number of sulfonamides is 1. The van der Waals surface area contributed by atoms with E-state index in [0.29, 0.717) is 8.95 Å².